The molecule has 0 radical (unpaired) electrons. The maximum atomic E-state index is 11.8. The van der Waals surface area contributed by atoms with Crippen LogP contribution in [0.1, 0.15) is 34.1 Å². The molecule has 4 heteroatoms. The van der Waals surface area contributed by atoms with Crippen LogP contribution in [-0.4, -0.2) is 35.5 Å². The maximum absolute atomic E-state index is 11.8. The van der Waals surface area contributed by atoms with Gasteiger partial charge in [0.05, 0.1) is 6.61 Å². The molecule has 1 rings (SSSR count). The SMILES string of the molecule is CC(C)(C)OC(=O)C1(C)CC(CO)CO1. The lowest BCUT2D eigenvalue weighted by Gasteiger charge is -2.27. The first-order chi connectivity index (χ1) is 6.77. The van der Waals surface area contributed by atoms with E-state index < -0.39 is 11.2 Å². The quantitative estimate of drug-likeness (QED) is 0.703. The van der Waals surface area contributed by atoms with Gasteiger partial charge in [0.2, 0.25) is 0 Å². The Labute approximate surface area is 90.6 Å². The van der Waals surface area contributed by atoms with Crippen LogP contribution in [0, 0.1) is 5.92 Å². The summed E-state index contributed by atoms with van der Waals surface area (Å²) in [6, 6.07) is 0. The summed E-state index contributed by atoms with van der Waals surface area (Å²) in [4.78, 5) is 11.8. The van der Waals surface area contributed by atoms with E-state index in [9.17, 15) is 4.79 Å². The Morgan fingerprint density at radius 3 is 2.60 bits per heavy atom. The van der Waals surface area contributed by atoms with Gasteiger partial charge in [0, 0.05) is 12.5 Å². The summed E-state index contributed by atoms with van der Waals surface area (Å²) in [6.45, 7) is 7.67. The highest BCUT2D eigenvalue weighted by Gasteiger charge is 2.44. The molecular formula is C11H20O4. The molecule has 0 bridgehead atoms. The van der Waals surface area contributed by atoms with Crippen molar-refractivity contribution in [3.05, 3.63) is 0 Å². The molecule has 15 heavy (non-hydrogen) atoms. The first kappa shape index (κ1) is 12.5. The molecule has 88 valence electrons. The molecule has 0 aromatic heterocycles. The van der Waals surface area contributed by atoms with Gasteiger partial charge in [-0.1, -0.05) is 0 Å². The van der Waals surface area contributed by atoms with Crippen LogP contribution in [0.5, 0.6) is 0 Å². The summed E-state index contributed by atoms with van der Waals surface area (Å²) >= 11 is 0. The number of rotatable bonds is 2. The minimum Gasteiger partial charge on any atom is -0.458 e. The van der Waals surface area contributed by atoms with Gasteiger partial charge in [-0.05, 0) is 34.1 Å². The molecule has 1 N–H and O–H groups in total. The van der Waals surface area contributed by atoms with E-state index >= 15 is 0 Å². The molecule has 0 aromatic rings. The minimum absolute atomic E-state index is 0.0440. The van der Waals surface area contributed by atoms with Crippen molar-refractivity contribution in [3.63, 3.8) is 0 Å². The van der Waals surface area contributed by atoms with Crippen LogP contribution in [0.4, 0.5) is 0 Å². The van der Waals surface area contributed by atoms with Gasteiger partial charge < -0.3 is 14.6 Å². The average molecular weight is 216 g/mol. The van der Waals surface area contributed by atoms with E-state index in [4.69, 9.17) is 14.6 Å². The second kappa shape index (κ2) is 4.10. The van der Waals surface area contributed by atoms with E-state index in [0.29, 0.717) is 13.0 Å². The molecule has 1 saturated heterocycles. The lowest BCUT2D eigenvalue weighted by atomic mass is 9.96. The smallest absolute Gasteiger partial charge is 0.338 e. The summed E-state index contributed by atoms with van der Waals surface area (Å²) in [6.07, 6.45) is 0.526. The zero-order chi connectivity index (χ0) is 11.7. The van der Waals surface area contributed by atoms with Crippen molar-refractivity contribution >= 4 is 5.97 Å². The van der Waals surface area contributed by atoms with Crippen molar-refractivity contribution in [2.45, 2.75) is 45.3 Å². The highest BCUT2D eigenvalue weighted by molar-refractivity contribution is 5.79. The monoisotopic (exact) mass is 216 g/mol. The predicted molar refractivity (Wildman–Crippen MR) is 55.4 cm³/mol. The number of aliphatic hydroxyl groups is 1. The number of hydrogen-bond donors (Lipinski definition) is 1. The third-order valence-electron chi connectivity index (χ3n) is 2.40. The molecular weight excluding hydrogens is 196 g/mol. The molecule has 1 aliphatic rings. The highest BCUT2D eigenvalue weighted by atomic mass is 16.6. The van der Waals surface area contributed by atoms with Crippen molar-refractivity contribution in [3.8, 4) is 0 Å². The third kappa shape index (κ3) is 3.18. The van der Waals surface area contributed by atoms with Gasteiger partial charge in [-0.15, -0.1) is 0 Å². The second-order valence-corrected chi connectivity index (χ2v) is 5.30. The van der Waals surface area contributed by atoms with Crippen molar-refractivity contribution < 1.29 is 19.4 Å². The van der Waals surface area contributed by atoms with Crippen LogP contribution < -0.4 is 0 Å². The Morgan fingerprint density at radius 2 is 2.20 bits per heavy atom. The Kier molecular flexibility index (Phi) is 3.41. The van der Waals surface area contributed by atoms with Gasteiger partial charge in [-0.2, -0.15) is 0 Å². The summed E-state index contributed by atoms with van der Waals surface area (Å²) < 4.78 is 10.7. The lowest BCUT2D eigenvalue weighted by Crippen LogP contribution is -2.40. The second-order valence-electron chi connectivity index (χ2n) is 5.30. The van der Waals surface area contributed by atoms with E-state index in [1.807, 2.05) is 20.8 Å². The number of esters is 1. The normalized spacial score (nSPS) is 31.7. The van der Waals surface area contributed by atoms with Crippen molar-refractivity contribution in [2.75, 3.05) is 13.2 Å². The number of ether oxygens (including phenoxy) is 2. The Hall–Kier alpha value is -0.610. The predicted octanol–water partition coefficient (Wildman–Crippen LogP) is 1.12. The summed E-state index contributed by atoms with van der Waals surface area (Å²) in [7, 11) is 0. The zero-order valence-electron chi connectivity index (χ0n) is 9.87. The van der Waals surface area contributed by atoms with E-state index in [0.717, 1.165) is 0 Å². The highest BCUT2D eigenvalue weighted by Crippen LogP contribution is 2.31. The van der Waals surface area contributed by atoms with Gasteiger partial charge in [0.1, 0.15) is 5.60 Å². The molecule has 0 aromatic carbocycles. The van der Waals surface area contributed by atoms with Crippen LogP contribution in [-0.2, 0) is 14.3 Å². The van der Waals surface area contributed by atoms with Crippen LogP contribution in [0.3, 0.4) is 0 Å². The topological polar surface area (TPSA) is 55.8 Å². The van der Waals surface area contributed by atoms with Crippen molar-refractivity contribution in [1.82, 2.24) is 0 Å². The van der Waals surface area contributed by atoms with E-state index in [-0.39, 0.29) is 18.5 Å². The number of aliphatic hydroxyl groups excluding tert-OH is 1. The van der Waals surface area contributed by atoms with Crippen LogP contribution >= 0.6 is 0 Å². The fourth-order valence-corrected chi connectivity index (χ4v) is 1.62. The molecule has 4 nitrogen and oxygen atoms in total. The van der Waals surface area contributed by atoms with E-state index in [1.54, 1.807) is 6.92 Å². The van der Waals surface area contributed by atoms with Gasteiger partial charge in [-0.3, -0.25) is 0 Å². The fraction of sp³-hybridized carbons (Fsp3) is 0.909. The van der Waals surface area contributed by atoms with Gasteiger partial charge in [0.25, 0.3) is 0 Å². The van der Waals surface area contributed by atoms with Gasteiger partial charge >= 0.3 is 5.97 Å². The Morgan fingerprint density at radius 1 is 1.60 bits per heavy atom. The lowest BCUT2D eigenvalue weighted by molar-refractivity contribution is -0.176. The van der Waals surface area contributed by atoms with Crippen LogP contribution in [0.25, 0.3) is 0 Å². The zero-order valence-corrected chi connectivity index (χ0v) is 9.87. The summed E-state index contributed by atoms with van der Waals surface area (Å²) in [5, 5.41) is 8.98. The summed E-state index contributed by atoms with van der Waals surface area (Å²) in [5.74, 6) is -0.298. The van der Waals surface area contributed by atoms with Crippen LogP contribution in [0.2, 0.25) is 0 Å². The minimum atomic E-state index is -0.888. The third-order valence-corrected chi connectivity index (χ3v) is 2.40. The maximum Gasteiger partial charge on any atom is 0.338 e. The van der Waals surface area contributed by atoms with Crippen LogP contribution in [0.15, 0.2) is 0 Å². The first-order valence-electron chi connectivity index (χ1n) is 5.25. The molecule has 0 saturated carbocycles. The van der Waals surface area contributed by atoms with Crippen molar-refractivity contribution in [2.24, 2.45) is 5.92 Å². The molecule has 1 fully saturated rings. The van der Waals surface area contributed by atoms with E-state index in [1.165, 1.54) is 0 Å². The fourth-order valence-electron chi connectivity index (χ4n) is 1.62. The van der Waals surface area contributed by atoms with Crippen molar-refractivity contribution in [1.29, 1.82) is 0 Å². The first-order valence-corrected chi connectivity index (χ1v) is 5.25. The number of carbonyl (C=O) groups is 1. The summed E-state index contributed by atoms with van der Waals surface area (Å²) in [5.41, 5.74) is -1.39. The number of hydrogen-bond acceptors (Lipinski definition) is 4. The Bertz CT molecular complexity index is 243. The molecule has 1 heterocycles. The average Bonchev–Trinajstić information content (AvgIpc) is 2.46. The molecule has 2 atom stereocenters. The Balaban J connectivity index is 2.60. The van der Waals surface area contributed by atoms with E-state index in [2.05, 4.69) is 0 Å². The molecule has 1 aliphatic heterocycles. The molecule has 0 aliphatic carbocycles. The largest absolute Gasteiger partial charge is 0.458 e. The number of carbonyl (C=O) groups excluding carboxylic acids is 1. The molecule has 2 unspecified atom stereocenters. The standard InChI is InChI=1S/C11H20O4/c1-10(2,3)15-9(13)11(4)5-8(6-12)7-14-11/h8,12H,5-7H2,1-4H3. The van der Waals surface area contributed by atoms with Gasteiger partial charge in [0.15, 0.2) is 5.60 Å². The van der Waals surface area contributed by atoms with Gasteiger partial charge in [-0.25, -0.2) is 4.79 Å². The molecule has 0 spiro atoms. The molecule has 0 amide bonds.